The normalized spacial score (nSPS) is 20.8. The van der Waals surface area contributed by atoms with Crippen molar-refractivity contribution in [3.63, 3.8) is 0 Å². The van der Waals surface area contributed by atoms with Crippen molar-refractivity contribution in [3.8, 4) is 5.75 Å². The van der Waals surface area contributed by atoms with Crippen LogP contribution in [0.1, 0.15) is 43.4 Å². The highest BCUT2D eigenvalue weighted by Gasteiger charge is 2.17. The maximum absolute atomic E-state index is 9.46. The van der Waals surface area contributed by atoms with Gasteiger partial charge in [-0.2, -0.15) is 0 Å². The van der Waals surface area contributed by atoms with Gasteiger partial charge in [-0.3, -0.25) is 0 Å². The average molecular weight is 235 g/mol. The molecule has 0 bridgehead atoms. The van der Waals surface area contributed by atoms with Crippen LogP contribution in [0.3, 0.4) is 0 Å². The summed E-state index contributed by atoms with van der Waals surface area (Å²) in [7, 11) is 0. The predicted octanol–water partition coefficient (Wildman–Crippen LogP) is 2.17. The van der Waals surface area contributed by atoms with Crippen LogP contribution in [0.25, 0.3) is 0 Å². The highest BCUT2D eigenvalue weighted by molar-refractivity contribution is 5.39. The number of nitrogens with two attached hydrogens (primary N) is 1. The van der Waals surface area contributed by atoms with Crippen LogP contribution in [0.5, 0.6) is 5.75 Å². The Morgan fingerprint density at radius 3 is 3.12 bits per heavy atom. The number of rotatable bonds is 4. The average Bonchev–Trinajstić information content (AvgIpc) is 2.36. The number of hydrogen-bond donors (Lipinski definition) is 2. The van der Waals surface area contributed by atoms with Gasteiger partial charge in [-0.1, -0.05) is 13.0 Å². The van der Waals surface area contributed by atoms with E-state index in [4.69, 9.17) is 10.5 Å². The fourth-order valence-corrected chi connectivity index (χ4v) is 2.21. The molecule has 0 fully saturated rings. The minimum atomic E-state index is -0.389. The van der Waals surface area contributed by atoms with Crippen molar-refractivity contribution in [1.29, 1.82) is 0 Å². The zero-order chi connectivity index (χ0) is 12.3. The molecule has 2 rings (SSSR count). The van der Waals surface area contributed by atoms with Crippen LogP contribution in [-0.4, -0.2) is 17.8 Å². The van der Waals surface area contributed by atoms with Gasteiger partial charge in [-0.25, -0.2) is 0 Å². The summed E-state index contributed by atoms with van der Waals surface area (Å²) in [5.74, 6) is 0.814. The molecule has 0 amide bonds. The van der Waals surface area contributed by atoms with E-state index < -0.39 is 0 Å². The first kappa shape index (κ1) is 12.4. The summed E-state index contributed by atoms with van der Waals surface area (Å²) in [4.78, 5) is 0. The van der Waals surface area contributed by atoms with E-state index in [9.17, 15) is 5.11 Å². The number of aryl methyl sites for hydroxylation is 1. The smallest absolute Gasteiger partial charge is 0.119 e. The van der Waals surface area contributed by atoms with Crippen molar-refractivity contribution >= 4 is 0 Å². The monoisotopic (exact) mass is 235 g/mol. The molecule has 2 atom stereocenters. The standard InChI is InChI=1S/C14H21NO2/c1-2-11(16)9-17-12-7-6-10-4-3-5-14(15)13(10)8-12/h6-8,11,14,16H,2-5,9,15H2,1H3. The van der Waals surface area contributed by atoms with E-state index >= 15 is 0 Å². The Morgan fingerprint density at radius 2 is 2.35 bits per heavy atom. The molecule has 0 heterocycles. The van der Waals surface area contributed by atoms with E-state index in [2.05, 4.69) is 6.07 Å². The van der Waals surface area contributed by atoms with Crippen molar-refractivity contribution in [2.45, 2.75) is 44.8 Å². The topological polar surface area (TPSA) is 55.5 Å². The first-order valence-electron chi connectivity index (χ1n) is 6.40. The molecule has 3 heteroatoms. The molecule has 94 valence electrons. The summed E-state index contributed by atoms with van der Waals surface area (Å²) < 4.78 is 5.57. The van der Waals surface area contributed by atoms with Crippen molar-refractivity contribution in [1.82, 2.24) is 0 Å². The Hall–Kier alpha value is -1.06. The van der Waals surface area contributed by atoms with Crippen LogP contribution < -0.4 is 10.5 Å². The van der Waals surface area contributed by atoms with Crippen molar-refractivity contribution in [3.05, 3.63) is 29.3 Å². The molecular weight excluding hydrogens is 214 g/mol. The second kappa shape index (κ2) is 5.52. The molecule has 2 unspecified atom stereocenters. The lowest BCUT2D eigenvalue weighted by molar-refractivity contribution is 0.104. The second-order valence-electron chi connectivity index (χ2n) is 4.73. The molecule has 0 radical (unpaired) electrons. The fourth-order valence-electron chi connectivity index (χ4n) is 2.21. The molecule has 0 saturated heterocycles. The maximum Gasteiger partial charge on any atom is 0.119 e. The summed E-state index contributed by atoms with van der Waals surface area (Å²) >= 11 is 0. The largest absolute Gasteiger partial charge is 0.491 e. The zero-order valence-corrected chi connectivity index (χ0v) is 10.4. The fraction of sp³-hybridized carbons (Fsp3) is 0.571. The lowest BCUT2D eigenvalue weighted by atomic mass is 9.88. The molecule has 1 aliphatic carbocycles. The van der Waals surface area contributed by atoms with Gasteiger partial charge < -0.3 is 15.6 Å². The number of ether oxygens (including phenoxy) is 1. The van der Waals surface area contributed by atoms with Gasteiger partial charge in [0.1, 0.15) is 12.4 Å². The lowest BCUT2D eigenvalue weighted by Crippen LogP contribution is -2.19. The molecule has 1 aliphatic rings. The Balaban J connectivity index is 2.07. The number of hydrogen-bond acceptors (Lipinski definition) is 3. The molecule has 17 heavy (non-hydrogen) atoms. The Morgan fingerprint density at radius 1 is 1.53 bits per heavy atom. The molecule has 3 N–H and O–H groups in total. The van der Waals surface area contributed by atoms with Crippen LogP contribution >= 0.6 is 0 Å². The predicted molar refractivity (Wildman–Crippen MR) is 68.1 cm³/mol. The second-order valence-corrected chi connectivity index (χ2v) is 4.73. The third kappa shape index (κ3) is 2.99. The van der Waals surface area contributed by atoms with Gasteiger partial charge in [0.2, 0.25) is 0 Å². The van der Waals surface area contributed by atoms with Gasteiger partial charge in [0, 0.05) is 6.04 Å². The van der Waals surface area contributed by atoms with E-state index in [1.807, 2.05) is 19.1 Å². The van der Waals surface area contributed by atoms with Gasteiger partial charge in [0.05, 0.1) is 6.10 Å². The van der Waals surface area contributed by atoms with E-state index in [0.29, 0.717) is 13.0 Å². The van der Waals surface area contributed by atoms with Gasteiger partial charge in [0.15, 0.2) is 0 Å². The first-order valence-corrected chi connectivity index (χ1v) is 6.40. The number of aliphatic hydroxyl groups is 1. The van der Waals surface area contributed by atoms with Crippen LogP contribution in [-0.2, 0) is 6.42 Å². The summed E-state index contributed by atoms with van der Waals surface area (Å²) in [6, 6.07) is 6.24. The molecule has 0 spiro atoms. The van der Waals surface area contributed by atoms with Crippen LogP contribution in [0.4, 0.5) is 0 Å². The van der Waals surface area contributed by atoms with Gasteiger partial charge in [-0.05, 0) is 48.9 Å². The Kier molecular flexibility index (Phi) is 4.02. The summed E-state index contributed by atoms with van der Waals surface area (Å²) in [6.45, 7) is 2.29. The Bertz CT molecular complexity index is 378. The minimum Gasteiger partial charge on any atom is -0.491 e. The van der Waals surface area contributed by atoms with E-state index in [0.717, 1.165) is 18.6 Å². The number of benzene rings is 1. The molecular formula is C14H21NO2. The van der Waals surface area contributed by atoms with E-state index in [1.54, 1.807) is 0 Å². The van der Waals surface area contributed by atoms with E-state index in [1.165, 1.54) is 17.5 Å². The first-order chi connectivity index (χ1) is 8.20. The lowest BCUT2D eigenvalue weighted by Gasteiger charge is -2.23. The molecule has 0 aromatic heterocycles. The molecule has 3 nitrogen and oxygen atoms in total. The van der Waals surface area contributed by atoms with Crippen molar-refractivity contribution < 1.29 is 9.84 Å². The zero-order valence-electron chi connectivity index (χ0n) is 10.4. The van der Waals surface area contributed by atoms with Crippen LogP contribution in [0.2, 0.25) is 0 Å². The van der Waals surface area contributed by atoms with Crippen LogP contribution in [0, 0.1) is 0 Å². The van der Waals surface area contributed by atoms with Gasteiger partial charge >= 0.3 is 0 Å². The third-order valence-electron chi connectivity index (χ3n) is 3.39. The third-order valence-corrected chi connectivity index (χ3v) is 3.39. The quantitative estimate of drug-likeness (QED) is 0.841. The number of aliphatic hydroxyl groups excluding tert-OH is 1. The van der Waals surface area contributed by atoms with Crippen molar-refractivity contribution in [2.75, 3.05) is 6.61 Å². The SMILES string of the molecule is CCC(O)COc1ccc2c(c1)C(N)CCC2. The summed E-state index contributed by atoms with van der Waals surface area (Å²) in [5, 5.41) is 9.46. The summed E-state index contributed by atoms with van der Waals surface area (Å²) in [5.41, 5.74) is 8.64. The minimum absolute atomic E-state index is 0.137. The number of fused-ring (bicyclic) bond motifs is 1. The highest BCUT2D eigenvalue weighted by Crippen LogP contribution is 2.30. The molecule has 0 saturated carbocycles. The van der Waals surface area contributed by atoms with Gasteiger partial charge in [-0.15, -0.1) is 0 Å². The highest BCUT2D eigenvalue weighted by atomic mass is 16.5. The van der Waals surface area contributed by atoms with E-state index in [-0.39, 0.29) is 12.1 Å². The Labute approximate surface area is 103 Å². The van der Waals surface area contributed by atoms with Crippen molar-refractivity contribution in [2.24, 2.45) is 5.73 Å². The molecule has 1 aromatic carbocycles. The molecule has 1 aromatic rings. The van der Waals surface area contributed by atoms with Gasteiger partial charge in [0.25, 0.3) is 0 Å². The maximum atomic E-state index is 9.46. The summed E-state index contributed by atoms with van der Waals surface area (Å²) in [6.07, 6.45) is 3.65. The van der Waals surface area contributed by atoms with Crippen LogP contribution in [0.15, 0.2) is 18.2 Å². The molecule has 0 aliphatic heterocycles.